The van der Waals surface area contributed by atoms with Crippen LogP contribution < -0.4 is 5.32 Å². The van der Waals surface area contributed by atoms with Gasteiger partial charge in [-0.05, 0) is 36.4 Å². The molecular formula is C16H20N2O2. The summed E-state index contributed by atoms with van der Waals surface area (Å²) in [4.78, 5) is 13.8. The Labute approximate surface area is 119 Å². The molecule has 4 heteroatoms. The fourth-order valence-electron chi connectivity index (χ4n) is 2.07. The molecular weight excluding hydrogens is 252 g/mol. The lowest BCUT2D eigenvalue weighted by atomic mass is 10.1. The molecule has 0 atom stereocenters. The van der Waals surface area contributed by atoms with Gasteiger partial charge in [0.25, 0.3) is 5.91 Å². The first-order valence-electron chi connectivity index (χ1n) is 6.78. The van der Waals surface area contributed by atoms with Gasteiger partial charge in [0.15, 0.2) is 0 Å². The van der Waals surface area contributed by atoms with E-state index in [1.807, 2.05) is 36.4 Å². The molecule has 0 spiro atoms. The molecule has 0 unspecified atom stereocenters. The van der Waals surface area contributed by atoms with Gasteiger partial charge >= 0.3 is 0 Å². The van der Waals surface area contributed by atoms with Crippen molar-refractivity contribution in [1.82, 2.24) is 10.2 Å². The van der Waals surface area contributed by atoms with Crippen molar-refractivity contribution in [2.45, 2.75) is 20.0 Å². The highest BCUT2D eigenvalue weighted by molar-refractivity contribution is 5.93. The third-order valence-corrected chi connectivity index (χ3v) is 3.26. The number of nitrogens with zero attached hydrogens (tertiary/aromatic N) is 1. The maximum absolute atomic E-state index is 11.5. The van der Waals surface area contributed by atoms with Crippen molar-refractivity contribution in [3.8, 4) is 0 Å². The first-order valence-corrected chi connectivity index (χ1v) is 6.78. The molecule has 106 valence electrons. The second kappa shape index (κ2) is 6.91. The number of hydrogen-bond acceptors (Lipinski definition) is 3. The SMILES string of the molecule is CCN(Cc1ccc(C(=O)NC)cc1)Cc1ccco1. The Bertz CT molecular complexity index is 532. The molecule has 0 fully saturated rings. The minimum absolute atomic E-state index is 0.0560. The van der Waals surface area contributed by atoms with Crippen molar-refractivity contribution in [1.29, 1.82) is 0 Å². The van der Waals surface area contributed by atoms with Gasteiger partial charge in [-0.2, -0.15) is 0 Å². The quantitative estimate of drug-likeness (QED) is 0.879. The molecule has 0 aliphatic heterocycles. The van der Waals surface area contributed by atoms with Crippen molar-refractivity contribution in [3.63, 3.8) is 0 Å². The number of benzene rings is 1. The van der Waals surface area contributed by atoms with E-state index in [4.69, 9.17) is 4.42 Å². The number of hydrogen-bond donors (Lipinski definition) is 1. The van der Waals surface area contributed by atoms with Gasteiger partial charge in [-0.3, -0.25) is 9.69 Å². The van der Waals surface area contributed by atoms with Crippen molar-refractivity contribution in [3.05, 3.63) is 59.5 Å². The summed E-state index contributed by atoms with van der Waals surface area (Å²) >= 11 is 0. The zero-order valence-corrected chi connectivity index (χ0v) is 11.9. The van der Waals surface area contributed by atoms with Gasteiger partial charge < -0.3 is 9.73 Å². The van der Waals surface area contributed by atoms with Crippen molar-refractivity contribution < 1.29 is 9.21 Å². The van der Waals surface area contributed by atoms with E-state index >= 15 is 0 Å². The Kier molecular flexibility index (Phi) is 4.96. The van der Waals surface area contributed by atoms with Gasteiger partial charge in [0.2, 0.25) is 0 Å². The van der Waals surface area contributed by atoms with Gasteiger partial charge in [-0.25, -0.2) is 0 Å². The molecule has 1 N–H and O–H groups in total. The second-order valence-electron chi connectivity index (χ2n) is 4.66. The van der Waals surface area contributed by atoms with Crippen LogP contribution in [0.15, 0.2) is 47.1 Å². The zero-order valence-electron chi connectivity index (χ0n) is 11.9. The molecule has 4 nitrogen and oxygen atoms in total. The van der Waals surface area contributed by atoms with Crippen LogP contribution in [0, 0.1) is 0 Å². The fraction of sp³-hybridized carbons (Fsp3) is 0.312. The molecule has 0 radical (unpaired) electrons. The summed E-state index contributed by atoms with van der Waals surface area (Å²) in [5, 5.41) is 2.62. The summed E-state index contributed by atoms with van der Waals surface area (Å²) in [5.41, 5.74) is 1.87. The summed E-state index contributed by atoms with van der Waals surface area (Å²) in [6, 6.07) is 11.6. The van der Waals surface area contributed by atoms with E-state index < -0.39 is 0 Å². The van der Waals surface area contributed by atoms with Crippen LogP contribution in [0.1, 0.15) is 28.6 Å². The number of carbonyl (C=O) groups is 1. The van der Waals surface area contributed by atoms with Crippen molar-refractivity contribution in [2.24, 2.45) is 0 Å². The average molecular weight is 272 g/mol. The molecule has 1 aromatic heterocycles. The Hall–Kier alpha value is -2.07. The topological polar surface area (TPSA) is 45.5 Å². The van der Waals surface area contributed by atoms with Gasteiger partial charge in [0.1, 0.15) is 5.76 Å². The van der Waals surface area contributed by atoms with Gasteiger partial charge in [0.05, 0.1) is 12.8 Å². The van der Waals surface area contributed by atoms with Crippen LogP contribution in [0.5, 0.6) is 0 Å². The third kappa shape index (κ3) is 3.71. The van der Waals surface area contributed by atoms with Crippen molar-refractivity contribution in [2.75, 3.05) is 13.6 Å². The predicted octanol–water partition coefficient (Wildman–Crippen LogP) is 2.66. The highest BCUT2D eigenvalue weighted by atomic mass is 16.3. The van der Waals surface area contributed by atoms with E-state index in [0.29, 0.717) is 5.56 Å². The van der Waals surface area contributed by atoms with Crippen LogP contribution in [0.4, 0.5) is 0 Å². The highest BCUT2D eigenvalue weighted by Gasteiger charge is 2.08. The Morgan fingerprint density at radius 2 is 1.95 bits per heavy atom. The van der Waals surface area contributed by atoms with Crippen LogP contribution in [-0.2, 0) is 13.1 Å². The van der Waals surface area contributed by atoms with Crippen molar-refractivity contribution >= 4 is 5.91 Å². The summed E-state index contributed by atoms with van der Waals surface area (Å²) in [7, 11) is 1.64. The predicted molar refractivity (Wildman–Crippen MR) is 78.3 cm³/mol. The second-order valence-corrected chi connectivity index (χ2v) is 4.66. The standard InChI is InChI=1S/C16H20N2O2/c1-3-18(12-15-5-4-10-20-15)11-13-6-8-14(9-7-13)16(19)17-2/h4-10H,3,11-12H2,1-2H3,(H,17,19). The molecule has 1 heterocycles. The number of rotatable bonds is 6. The lowest BCUT2D eigenvalue weighted by Crippen LogP contribution is -2.22. The monoisotopic (exact) mass is 272 g/mol. The minimum atomic E-state index is -0.0560. The lowest BCUT2D eigenvalue weighted by Gasteiger charge is -2.19. The zero-order chi connectivity index (χ0) is 14.4. The van der Waals surface area contributed by atoms with E-state index in [0.717, 1.165) is 25.4 Å². The van der Waals surface area contributed by atoms with Gasteiger partial charge in [-0.15, -0.1) is 0 Å². The molecule has 0 bridgehead atoms. The fourth-order valence-corrected chi connectivity index (χ4v) is 2.07. The Balaban J connectivity index is 1.98. The molecule has 0 aliphatic rings. The lowest BCUT2D eigenvalue weighted by molar-refractivity contribution is 0.0963. The third-order valence-electron chi connectivity index (χ3n) is 3.26. The molecule has 1 aromatic carbocycles. The Morgan fingerprint density at radius 3 is 2.50 bits per heavy atom. The smallest absolute Gasteiger partial charge is 0.251 e. The molecule has 0 saturated heterocycles. The maximum atomic E-state index is 11.5. The van der Waals surface area contributed by atoms with Crippen LogP contribution in [0.3, 0.4) is 0 Å². The molecule has 2 aromatic rings. The van der Waals surface area contributed by atoms with Crippen LogP contribution in [-0.4, -0.2) is 24.4 Å². The summed E-state index contributed by atoms with van der Waals surface area (Å²) in [6.45, 7) is 4.70. The average Bonchev–Trinajstić information content (AvgIpc) is 2.99. The molecule has 1 amide bonds. The van der Waals surface area contributed by atoms with E-state index in [-0.39, 0.29) is 5.91 Å². The van der Waals surface area contributed by atoms with E-state index in [1.54, 1.807) is 13.3 Å². The summed E-state index contributed by atoms with van der Waals surface area (Å²) in [5.74, 6) is 0.910. The van der Waals surface area contributed by atoms with E-state index in [1.165, 1.54) is 5.56 Å². The van der Waals surface area contributed by atoms with E-state index in [2.05, 4.69) is 17.1 Å². The first-order chi connectivity index (χ1) is 9.72. The van der Waals surface area contributed by atoms with Gasteiger partial charge in [0, 0.05) is 19.2 Å². The molecule has 2 rings (SSSR count). The normalized spacial score (nSPS) is 10.8. The van der Waals surface area contributed by atoms with Gasteiger partial charge in [-0.1, -0.05) is 19.1 Å². The largest absolute Gasteiger partial charge is 0.468 e. The van der Waals surface area contributed by atoms with Crippen LogP contribution in [0.25, 0.3) is 0 Å². The number of nitrogens with one attached hydrogen (secondary N) is 1. The Morgan fingerprint density at radius 1 is 1.20 bits per heavy atom. The number of amides is 1. The number of carbonyl (C=O) groups excluding carboxylic acids is 1. The van der Waals surface area contributed by atoms with E-state index in [9.17, 15) is 4.79 Å². The van der Waals surface area contributed by atoms with Crippen LogP contribution >= 0.6 is 0 Å². The molecule has 20 heavy (non-hydrogen) atoms. The minimum Gasteiger partial charge on any atom is -0.468 e. The first kappa shape index (κ1) is 14.3. The number of furan rings is 1. The molecule has 0 aliphatic carbocycles. The highest BCUT2D eigenvalue weighted by Crippen LogP contribution is 2.11. The molecule has 0 saturated carbocycles. The van der Waals surface area contributed by atoms with Crippen LogP contribution in [0.2, 0.25) is 0 Å². The summed E-state index contributed by atoms with van der Waals surface area (Å²) in [6.07, 6.45) is 1.70. The maximum Gasteiger partial charge on any atom is 0.251 e. The summed E-state index contributed by atoms with van der Waals surface area (Å²) < 4.78 is 5.37.